The van der Waals surface area contributed by atoms with E-state index in [1.54, 1.807) is 4.90 Å². The number of methoxy groups -OCH3 is 1. The van der Waals surface area contributed by atoms with Gasteiger partial charge in [0.1, 0.15) is 0 Å². The van der Waals surface area contributed by atoms with Crippen LogP contribution in [0.25, 0.3) is 0 Å². The lowest BCUT2D eigenvalue weighted by atomic mass is 10.1. The number of hydrogen-bond donors (Lipinski definition) is 1. The van der Waals surface area contributed by atoms with Crippen LogP contribution in [0.4, 0.5) is 0 Å². The molecule has 1 aromatic carbocycles. The first-order valence-corrected chi connectivity index (χ1v) is 7.23. The molecule has 0 unspecified atom stereocenters. The van der Waals surface area contributed by atoms with Gasteiger partial charge in [-0.05, 0) is 12.0 Å². The first kappa shape index (κ1) is 17.2. The van der Waals surface area contributed by atoms with E-state index in [0.29, 0.717) is 13.1 Å². The van der Waals surface area contributed by atoms with E-state index in [4.69, 9.17) is 5.73 Å². The molecular weight excluding hydrogens is 268 g/mol. The van der Waals surface area contributed by atoms with Crippen molar-refractivity contribution in [1.82, 2.24) is 4.90 Å². The van der Waals surface area contributed by atoms with Gasteiger partial charge >= 0.3 is 5.97 Å². The van der Waals surface area contributed by atoms with Gasteiger partial charge in [0.15, 0.2) is 0 Å². The third kappa shape index (κ3) is 5.95. The monoisotopic (exact) mass is 292 g/mol. The van der Waals surface area contributed by atoms with Crippen molar-refractivity contribution in [1.29, 1.82) is 0 Å². The summed E-state index contributed by atoms with van der Waals surface area (Å²) < 4.78 is 4.56. The first-order chi connectivity index (χ1) is 10.1. The van der Waals surface area contributed by atoms with Gasteiger partial charge in [-0.3, -0.25) is 9.59 Å². The molecule has 0 heterocycles. The fraction of sp³-hybridized carbons (Fsp3) is 0.500. The molecule has 21 heavy (non-hydrogen) atoms. The molecule has 0 bridgehead atoms. The fourth-order valence-corrected chi connectivity index (χ4v) is 2.00. The van der Waals surface area contributed by atoms with Gasteiger partial charge in [-0.15, -0.1) is 0 Å². The zero-order chi connectivity index (χ0) is 15.7. The molecule has 0 spiro atoms. The Labute approximate surface area is 126 Å². The van der Waals surface area contributed by atoms with Gasteiger partial charge in [-0.1, -0.05) is 43.7 Å². The van der Waals surface area contributed by atoms with Crippen LogP contribution in [0, 0.1) is 0 Å². The summed E-state index contributed by atoms with van der Waals surface area (Å²) in [7, 11) is 1.29. The SMILES string of the molecule is CCCCN(Cc1ccccc1)C(=O)[C@@H](N)CC(=O)OC. The minimum atomic E-state index is -0.849. The molecule has 5 heteroatoms. The molecule has 1 aromatic rings. The van der Waals surface area contributed by atoms with Crippen LogP contribution in [0.3, 0.4) is 0 Å². The lowest BCUT2D eigenvalue weighted by Crippen LogP contribution is -2.45. The second-order valence-corrected chi connectivity index (χ2v) is 4.99. The quantitative estimate of drug-likeness (QED) is 0.740. The molecule has 116 valence electrons. The van der Waals surface area contributed by atoms with Crippen LogP contribution in [0.15, 0.2) is 30.3 Å². The maximum atomic E-state index is 12.4. The van der Waals surface area contributed by atoms with Gasteiger partial charge in [0.2, 0.25) is 5.91 Å². The van der Waals surface area contributed by atoms with Crippen molar-refractivity contribution in [3.05, 3.63) is 35.9 Å². The molecule has 0 saturated carbocycles. The summed E-state index contributed by atoms with van der Waals surface area (Å²) in [5.41, 5.74) is 6.88. The first-order valence-electron chi connectivity index (χ1n) is 7.23. The molecule has 0 fully saturated rings. The van der Waals surface area contributed by atoms with E-state index in [9.17, 15) is 9.59 Å². The van der Waals surface area contributed by atoms with Crippen molar-refractivity contribution in [2.24, 2.45) is 5.73 Å². The molecule has 1 rings (SSSR count). The van der Waals surface area contributed by atoms with E-state index in [-0.39, 0.29) is 12.3 Å². The van der Waals surface area contributed by atoms with Crippen LogP contribution in [0.2, 0.25) is 0 Å². The van der Waals surface area contributed by atoms with E-state index < -0.39 is 12.0 Å². The number of benzene rings is 1. The minimum Gasteiger partial charge on any atom is -0.469 e. The summed E-state index contributed by atoms with van der Waals surface area (Å²) in [4.78, 5) is 25.4. The Morgan fingerprint density at radius 1 is 1.29 bits per heavy atom. The zero-order valence-corrected chi connectivity index (χ0v) is 12.7. The highest BCUT2D eigenvalue weighted by Crippen LogP contribution is 2.09. The molecule has 0 aliphatic carbocycles. The van der Waals surface area contributed by atoms with Gasteiger partial charge in [0.25, 0.3) is 0 Å². The van der Waals surface area contributed by atoms with Crippen LogP contribution in [-0.4, -0.2) is 36.5 Å². The van der Waals surface area contributed by atoms with Crippen molar-refractivity contribution in [2.75, 3.05) is 13.7 Å². The third-order valence-electron chi connectivity index (χ3n) is 3.24. The predicted molar refractivity (Wildman–Crippen MR) is 81.4 cm³/mol. The summed E-state index contributed by atoms with van der Waals surface area (Å²) >= 11 is 0. The van der Waals surface area contributed by atoms with Crippen LogP contribution < -0.4 is 5.73 Å². The standard InChI is InChI=1S/C16H24N2O3/c1-3-4-10-18(12-13-8-6-5-7-9-13)16(20)14(17)11-15(19)21-2/h5-9,14H,3-4,10-12,17H2,1-2H3/t14-/m0/s1. The molecule has 0 aliphatic rings. The highest BCUT2D eigenvalue weighted by atomic mass is 16.5. The summed E-state index contributed by atoms with van der Waals surface area (Å²) in [6.45, 7) is 3.22. The maximum Gasteiger partial charge on any atom is 0.307 e. The number of carbonyl (C=O) groups is 2. The molecule has 1 amide bonds. The number of ether oxygens (including phenoxy) is 1. The Balaban J connectivity index is 2.71. The number of nitrogens with zero attached hydrogens (tertiary/aromatic N) is 1. The molecule has 0 saturated heterocycles. The van der Waals surface area contributed by atoms with Crippen LogP contribution in [0.1, 0.15) is 31.7 Å². The summed E-state index contributed by atoms with van der Waals surface area (Å²) in [6.07, 6.45) is 1.81. The second kappa shape index (κ2) is 9.13. The maximum absolute atomic E-state index is 12.4. The Morgan fingerprint density at radius 2 is 1.95 bits per heavy atom. The van der Waals surface area contributed by atoms with Gasteiger partial charge in [0, 0.05) is 13.1 Å². The van der Waals surface area contributed by atoms with Crippen molar-refractivity contribution in [2.45, 2.75) is 38.8 Å². The number of carbonyl (C=O) groups excluding carboxylic acids is 2. The minimum absolute atomic E-state index is 0.0905. The molecular formula is C16H24N2O3. The number of hydrogen-bond acceptors (Lipinski definition) is 4. The third-order valence-corrected chi connectivity index (χ3v) is 3.24. The van der Waals surface area contributed by atoms with E-state index in [2.05, 4.69) is 11.7 Å². The average molecular weight is 292 g/mol. The Hall–Kier alpha value is -1.88. The fourth-order valence-electron chi connectivity index (χ4n) is 2.00. The molecule has 5 nitrogen and oxygen atoms in total. The van der Waals surface area contributed by atoms with E-state index in [1.807, 2.05) is 30.3 Å². The number of rotatable bonds is 8. The van der Waals surface area contributed by atoms with Crippen LogP contribution >= 0.6 is 0 Å². The summed E-state index contributed by atoms with van der Waals surface area (Å²) in [5, 5.41) is 0. The molecule has 2 N–H and O–H groups in total. The molecule has 0 aromatic heterocycles. The number of esters is 1. The Bertz CT molecular complexity index is 448. The summed E-state index contributed by atoms with van der Waals surface area (Å²) in [6, 6.07) is 8.90. The highest BCUT2D eigenvalue weighted by molar-refractivity contribution is 5.86. The number of unbranched alkanes of at least 4 members (excludes halogenated alkanes) is 1. The van der Waals surface area contributed by atoms with Gasteiger partial charge in [-0.25, -0.2) is 0 Å². The largest absolute Gasteiger partial charge is 0.469 e. The van der Waals surface area contributed by atoms with Gasteiger partial charge in [-0.2, -0.15) is 0 Å². The zero-order valence-electron chi connectivity index (χ0n) is 12.7. The number of nitrogens with two attached hydrogens (primary N) is 1. The smallest absolute Gasteiger partial charge is 0.307 e. The molecule has 0 radical (unpaired) electrons. The average Bonchev–Trinajstić information content (AvgIpc) is 2.51. The van der Waals surface area contributed by atoms with Gasteiger partial charge < -0.3 is 15.4 Å². The van der Waals surface area contributed by atoms with E-state index >= 15 is 0 Å². The molecule has 1 atom stereocenters. The second-order valence-electron chi connectivity index (χ2n) is 4.99. The van der Waals surface area contributed by atoms with Crippen molar-refractivity contribution in [3.8, 4) is 0 Å². The van der Waals surface area contributed by atoms with Crippen molar-refractivity contribution >= 4 is 11.9 Å². The summed E-state index contributed by atoms with van der Waals surface area (Å²) in [5.74, 6) is -0.677. The number of amides is 1. The van der Waals surface area contributed by atoms with E-state index in [1.165, 1.54) is 7.11 Å². The molecule has 0 aliphatic heterocycles. The Morgan fingerprint density at radius 3 is 2.52 bits per heavy atom. The van der Waals surface area contributed by atoms with Gasteiger partial charge in [0.05, 0.1) is 19.6 Å². The topological polar surface area (TPSA) is 72.6 Å². The van der Waals surface area contributed by atoms with Crippen LogP contribution in [-0.2, 0) is 20.9 Å². The van der Waals surface area contributed by atoms with Crippen molar-refractivity contribution in [3.63, 3.8) is 0 Å². The van der Waals surface area contributed by atoms with Crippen LogP contribution in [0.5, 0.6) is 0 Å². The lowest BCUT2D eigenvalue weighted by Gasteiger charge is -2.25. The lowest BCUT2D eigenvalue weighted by molar-refractivity contribution is -0.144. The Kier molecular flexibility index (Phi) is 7.46. The van der Waals surface area contributed by atoms with Crippen molar-refractivity contribution < 1.29 is 14.3 Å². The highest BCUT2D eigenvalue weighted by Gasteiger charge is 2.23. The normalized spacial score (nSPS) is 11.8. The predicted octanol–water partition coefficient (Wildman–Crippen LogP) is 1.71. The van der Waals surface area contributed by atoms with E-state index in [0.717, 1.165) is 18.4 Å².